The molecule has 4 nitrogen and oxygen atoms in total. The standard InChI is InChI=1S/C15H16FIN2O2/c1-15(2,9-4-6-10(16)7-5-9)14-18-11(8-21-3)12(17)13(20)19-14/h4-7H,8H2,1-3H3,(H,18,19,20). The summed E-state index contributed by atoms with van der Waals surface area (Å²) >= 11 is 1.96. The molecule has 1 heterocycles. The van der Waals surface area contributed by atoms with E-state index in [0.29, 0.717) is 15.1 Å². The quantitative estimate of drug-likeness (QED) is 0.801. The number of methoxy groups -OCH3 is 1. The topological polar surface area (TPSA) is 55.0 Å². The second-order valence-electron chi connectivity index (χ2n) is 5.24. The first-order valence-corrected chi connectivity index (χ1v) is 7.48. The Morgan fingerprint density at radius 1 is 1.33 bits per heavy atom. The Bertz CT molecular complexity index is 696. The summed E-state index contributed by atoms with van der Waals surface area (Å²) in [5.41, 5.74) is 0.742. The molecule has 0 saturated carbocycles. The summed E-state index contributed by atoms with van der Waals surface area (Å²) in [5.74, 6) is 0.241. The van der Waals surface area contributed by atoms with E-state index in [1.165, 1.54) is 12.1 Å². The highest BCUT2D eigenvalue weighted by molar-refractivity contribution is 14.1. The predicted molar refractivity (Wildman–Crippen MR) is 86.8 cm³/mol. The first-order valence-electron chi connectivity index (χ1n) is 6.40. The summed E-state index contributed by atoms with van der Waals surface area (Å²) in [6.45, 7) is 4.14. The summed E-state index contributed by atoms with van der Waals surface area (Å²) in [6.07, 6.45) is 0. The minimum atomic E-state index is -0.542. The van der Waals surface area contributed by atoms with Crippen LogP contribution in [-0.4, -0.2) is 17.1 Å². The minimum absolute atomic E-state index is 0.192. The van der Waals surface area contributed by atoms with Crippen LogP contribution in [0.5, 0.6) is 0 Å². The van der Waals surface area contributed by atoms with Gasteiger partial charge in [0.2, 0.25) is 0 Å². The molecule has 0 aliphatic rings. The molecular weight excluding hydrogens is 386 g/mol. The van der Waals surface area contributed by atoms with Crippen LogP contribution in [0.15, 0.2) is 29.1 Å². The number of aromatic amines is 1. The number of halogens is 2. The number of rotatable bonds is 4. The molecule has 2 aromatic rings. The minimum Gasteiger partial charge on any atom is -0.378 e. The molecule has 0 aliphatic carbocycles. The highest BCUT2D eigenvalue weighted by Gasteiger charge is 2.27. The van der Waals surface area contributed by atoms with Crippen molar-refractivity contribution in [3.63, 3.8) is 0 Å². The van der Waals surface area contributed by atoms with Gasteiger partial charge in [-0.15, -0.1) is 0 Å². The van der Waals surface area contributed by atoms with Gasteiger partial charge in [0.1, 0.15) is 15.2 Å². The second-order valence-corrected chi connectivity index (χ2v) is 6.32. The van der Waals surface area contributed by atoms with Gasteiger partial charge in [-0.25, -0.2) is 9.37 Å². The Morgan fingerprint density at radius 3 is 2.52 bits per heavy atom. The Labute approximate surface area is 135 Å². The van der Waals surface area contributed by atoms with Crippen molar-refractivity contribution in [1.82, 2.24) is 9.97 Å². The zero-order valence-corrected chi connectivity index (χ0v) is 14.2. The lowest BCUT2D eigenvalue weighted by Crippen LogP contribution is -2.29. The summed E-state index contributed by atoms with van der Waals surface area (Å²) in [4.78, 5) is 19.4. The van der Waals surface area contributed by atoms with Crippen LogP contribution in [0, 0.1) is 9.39 Å². The van der Waals surface area contributed by atoms with Crippen LogP contribution in [0.3, 0.4) is 0 Å². The number of H-pyrrole nitrogens is 1. The molecule has 2 rings (SSSR count). The fraction of sp³-hybridized carbons (Fsp3) is 0.333. The highest BCUT2D eigenvalue weighted by Crippen LogP contribution is 2.29. The van der Waals surface area contributed by atoms with E-state index in [1.807, 2.05) is 36.4 Å². The molecule has 0 bridgehead atoms. The normalized spacial score (nSPS) is 11.7. The summed E-state index contributed by atoms with van der Waals surface area (Å²) in [7, 11) is 1.56. The van der Waals surface area contributed by atoms with Crippen molar-refractivity contribution in [3.8, 4) is 0 Å². The molecule has 0 atom stereocenters. The summed E-state index contributed by atoms with van der Waals surface area (Å²) in [6, 6.07) is 6.20. The zero-order valence-electron chi connectivity index (χ0n) is 12.0. The van der Waals surface area contributed by atoms with Crippen LogP contribution in [0.1, 0.15) is 30.9 Å². The van der Waals surface area contributed by atoms with Gasteiger partial charge in [0.05, 0.1) is 12.3 Å². The third-order valence-corrected chi connectivity index (χ3v) is 4.48. The maximum Gasteiger partial charge on any atom is 0.264 e. The lowest BCUT2D eigenvalue weighted by molar-refractivity contribution is 0.180. The van der Waals surface area contributed by atoms with Crippen molar-refractivity contribution < 1.29 is 9.13 Å². The Balaban J connectivity index is 2.53. The number of nitrogens with zero attached hydrogens (tertiary/aromatic N) is 1. The third kappa shape index (κ3) is 3.32. The summed E-state index contributed by atoms with van der Waals surface area (Å²) < 4.78 is 18.7. The lowest BCUT2D eigenvalue weighted by atomic mass is 9.83. The van der Waals surface area contributed by atoms with Crippen molar-refractivity contribution in [2.75, 3.05) is 7.11 Å². The van der Waals surface area contributed by atoms with E-state index >= 15 is 0 Å². The number of benzene rings is 1. The summed E-state index contributed by atoms with van der Waals surface area (Å²) in [5, 5.41) is 0. The van der Waals surface area contributed by atoms with Gasteiger partial charge >= 0.3 is 0 Å². The lowest BCUT2D eigenvalue weighted by Gasteiger charge is -2.24. The molecule has 0 fully saturated rings. The number of hydrogen-bond acceptors (Lipinski definition) is 3. The van der Waals surface area contributed by atoms with Crippen molar-refractivity contribution in [2.24, 2.45) is 0 Å². The molecule has 6 heteroatoms. The second kappa shape index (κ2) is 6.23. The van der Waals surface area contributed by atoms with Crippen molar-refractivity contribution in [3.05, 3.63) is 61.1 Å². The fourth-order valence-electron chi connectivity index (χ4n) is 2.04. The zero-order chi connectivity index (χ0) is 15.6. The van der Waals surface area contributed by atoms with Gasteiger partial charge in [0.25, 0.3) is 5.56 Å². The maximum atomic E-state index is 13.1. The maximum absolute atomic E-state index is 13.1. The van der Waals surface area contributed by atoms with Crippen molar-refractivity contribution in [1.29, 1.82) is 0 Å². The van der Waals surface area contributed by atoms with E-state index < -0.39 is 5.41 Å². The number of ether oxygens (including phenoxy) is 1. The Kier molecular flexibility index (Phi) is 4.77. The first kappa shape index (κ1) is 16.1. The first-order chi connectivity index (χ1) is 9.86. The number of nitrogens with one attached hydrogen (secondary N) is 1. The number of aromatic nitrogens is 2. The van der Waals surface area contributed by atoms with Gasteiger partial charge in [-0.2, -0.15) is 0 Å². The van der Waals surface area contributed by atoms with Crippen LogP contribution in [0.25, 0.3) is 0 Å². The number of hydrogen-bond donors (Lipinski definition) is 1. The van der Waals surface area contributed by atoms with Crippen LogP contribution in [0.4, 0.5) is 4.39 Å². The largest absolute Gasteiger partial charge is 0.378 e. The average Bonchev–Trinajstić information content (AvgIpc) is 2.44. The SMILES string of the molecule is COCc1nc(C(C)(C)c2ccc(F)cc2)[nH]c(=O)c1I. The molecule has 0 amide bonds. The fourth-order valence-corrected chi connectivity index (χ4v) is 2.45. The molecule has 112 valence electrons. The molecule has 1 N–H and O–H groups in total. The van der Waals surface area contributed by atoms with Crippen LogP contribution < -0.4 is 5.56 Å². The van der Waals surface area contributed by atoms with Gasteiger partial charge in [-0.1, -0.05) is 12.1 Å². The molecule has 21 heavy (non-hydrogen) atoms. The monoisotopic (exact) mass is 402 g/mol. The molecule has 0 aliphatic heterocycles. The van der Waals surface area contributed by atoms with Gasteiger partial charge in [0, 0.05) is 12.5 Å². The van der Waals surface area contributed by atoms with Crippen molar-refractivity contribution in [2.45, 2.75) is 25.9 Å². The van der Waals surface area contributed by atoms with Crippen LogP contribution >= 0.6 is 22.6 Å². The van der Waals surface area contributed by atoms with E-state index in [0.717, 1.165) is 5.56 Å². The molecule has 0 saturated heterocycles. The smallest absolute Gasteiger partial charge is 0.264 e. The molecule has 1 aromatic heterocycles. The van der Waals surface area contributed by atoms with Crippen molar-refractivity contribution >= 4 is 22.6 Å². The van der Waals surface area contributed by atoms with E-state index in [2.05, 4.69) is 9.97 Å². The third-order valence-electron chi connectivity index (χ3n) is 3.37. The molecule has 0 radical (unpaired) electrons. The highest BCUT2D eigenvalue weighted by atomic mass is 127. The van der Waals surface area contributed by atoms with Gasteiger partial charge < -0.3 is 9.72 Å². The van der Waals surface area contributed by atoms with Crippen LogP contribution in [-0.2, 0) is 16.8 Å². The van der Waals surface area contributed by atoms with E-state index in [4.69, 9.17) is 4.74 Å². The molecule has 0 spiro atoms. The van der Waals surface area contributed by atoms with Gasteiger partial charge in [0.15, 0.2) is 0 Å². The Hall–Kier alpha value is -1.28. The molecular formula is C15H16FIN2O2. The van der Waals surface area contributed by atoms with Gasteiger partial charge in [-0.3, -0.25) is 4.79 Å². The van der Waals surface area contributed by atoms with Gasteiger partial charge in [-0.05, 0) is 54.1 Å². The molecule has 1 aromatic carbocycles. The predicted octanol–water partition coefficient (Wildman–Crippen LogP) is 2.99. The Morgan fingerprint density at radius 2 is 1.95 bits per heavy atom. The van der Waals surface area contributed by atoms with Crippen LogP contribution in [0.2, 0.25) is 0 Å². The van der Waals surface area contributed by atoms with E-state index in [-0.39, 0.29) is 18.0 Å². The van der Waals surface area contributed by atoms with E-state index in [9.17, 15) is 9.18 Å². The average molecular weight is 402 g/mol. The molecule has 0 unspecified atom stereocenters. The van der Waals surface area contributed by atoms with E-state index in [1.54, 1.807) is 19.2 Å².